The minimum absolute atomic E-state index is 0.00414. The van der Waals surface area contributed by atoms with Crippen LogP contribution in [0.2, 0.25) is 0 Å². The second-order valence-electron chi connectivity index (χ2n) is 8.12. The number of likely N-dealkylation sites (tertiary alicyclic amines) is 1. The van der Waals surface area contributed by atoms with Gasteiger partial charge in [-0.25, -0.2) is 9.78 Å². The third-order valence-electron chi connectivity index (χ3n) is 5.74. The molecular weight excluding hydrogens is 481 g/mol. The molecule has 10 heteroatoms. The molecule has 1 unspecified atom stereocenters. The average molecular weight is 509 g/mol. The summed E-state index contributed by atoms with van der Waals surface area (Å²) in [5.41, 5.74) is 0.850. The molecule has 1 saturated heterocycles. The van der Waals surface area contributed by atoms with Gasteiger partial charge in [-0.3, -0.25) is 0 Å². The number of ether oxygens (including phenoxy) is 3. The van der Waals surface area contributed by atoms with Crippen molar-refractivity contribution in [1.82, 2.24) is 9.88 Å². The second kappa shape index (κ2) is 10.4. The van der Waals surface area contributed by atoms with Gasteiger partial charge in [-0.15, -0.1) is 0 Å². The van der Waals surface area contributed by atoms with E-state index in [1.807, 2.05) is 19.1 Å². The van der Waals surface area contributed by atoms with E-state index < -0.39 is 18.4 Å². The summed E-state index contributed by atoms with van der Waals surface area (Å²) in [6.07, 6.45) is -2.56. The number of alkyl halides is 3. The number of amides is 1. The van der Waals surface area contributed by atoms with E-state index >= 15 is 0 Å². The van der Waals surface area contributed by atoms with Crippen molar-refractivity contribution in [3.63, 3.8) is 0 Å². The standard InChI is InChI=1S/C21H28BrF3N2O4/c1-13-18(7-8-19(22)26-13)31-16-5-3-15(4-6-16)30-17-9-11-27(12-10-17)20(28)29-14(2)21(23,24)25/h7-8,14-17H,3-6,9-12H2,1-2H3. The largest absolute Gasteiger partial charge is 0.489 e. The number of nitrogens with zero attached hydrogens (tertiary/aromatic N) is 2. The van der Waals surface area contributed by atoms with Crippen LogP contribution in [0.3, 0.4) is 0 Å². The first-order valence-corrected chi connectivity index (χ1v) is 11.4. The van der Waals surface area contributed by atoms with Gasteiger partial charge in [-0.1, -0.05) is 0 Å². The number of carbonyl (C=O) groups excluding carboxylic acids is 1. The quantitative estimate of drug-likeness (QED) is 0.497. The van der Waals surface area contributed by atoms with Gasteiger partial charge in [0.2, 0.25) is 0 Å². The molecule has 2 fully saturated rings. The zero-order valence-electron chi connectivity index (χ0n) is 17.7. The molecular formula is C21H28BrF3N2O4. The molecule has 1 amide bonds. The van der Waals surface area contributed by atoms with Crippen LogP contribution >= 0.6 is 15.9 Å². The normalized spacial score (nSPS) is 24.0. The summed E-state index contributed by atoms with van der Waals surface area (Å²) < 4.78 is 55.3. The summed E-state index contributed by atoms with van der Waals surface area (Å²) in [7, 11) is 0. The van der Waals surface area contributed by atoms with Gasteiger partial charge in [-0.2, -0.15) is 13.2 Å². The molecule has 1 aliphatic heterocycles. The Balaban J connectivity index is 1.37. The zero-order chi connectivity index (χ0) is 22.6. The van der Waals surface area contributed by atoms with Crippen molar-refractivity contribution in [3.8, 4) is 5.75 Å². The van der Waals surface area contributed by atoms with E-state index in [1.54, 1.807) is 0 Å². The minimum Gasteiger partial charge on any atom is -0.489 e. The van der Waals surface area contributed by atoms with E-state index in [-0.39, 0.29) is 18.3 Å². The Morgan fingerprint density at radius 2 is 1.68 bits per heavy atom. The van der Waals surface area contributed by atoms with Crippen molar-refractivity contribution in [1.29, 1.82) is 0 Å². The Morgan fingerprint density at radius 3 is 2.26 bits per heavy atom. The maximum absolute atomic E-state index is 12.6. The molecule has 1 aliphatic carbocycles. The highest BCUT2D eigenvalue weighted by Crippen LogP contribution is 2.30. The van der Waals surface area contributed by atoms with E-state index in [2.05, 4.69) is 25.7 Å². The molecule has 31 heavy (non-hydrogen) atoms. The second-order valence-corrected chi connectivity index (χ2v) is 8.94. The summed E-state index contributed by atoms with van der Waals surface area (Å²) in [4.78, 5) is 17.6. The van der Waals surface area contributed by atoms with Crippen LogP contribution in [-0.4, -0.2) is 59.7 Å². The lowest BCUT2D eigenvalue weighted by Crippen LogP contribution is -2.44. The molecule has 0 spiro atoms. The number of aryl methyl sites for hydroxylation is 1. The van der Waals surface area contributed by atoms with Gasteiger partial charge >= 0.3 is 12.3 Å². The predicted octanol–water partition coefficient (Wildman–Crippen LogP) is 5.41. The van der Waals surface area contributed by atoms with Gasteiger partial charge in [0.1, 0.15) is 10.4 Å². The lowest BCUT2D eigenvalue weighted by atomic mass is 9.94. The van der Waals surface area contributed by atoms with Crippen molar-refractivity contribution in [2.45, 2.75) is 83.0 Å². The predicted molar refractivity (Wildman–Crippen MR) is 111 cm³/mol. The fraction of sp³-hybridized carbons (Fsp3) is 0.714. The first-order valence-electron chi connectivity index (χ1n) is 10.6. The van der Waals surface area contributed by atoms with Crippen LogP contribution in [0.4, 0.5) is 18.0 Å². The van der Waals surface area contributed by atoms with Gasteiger partial charge in [0.15, 0.2) is 6.10 Å². The number of pyridine rings is 1. The lowest BCUT2D eigenvalue weighted by Gasteiger charge is -2.36. The number of hydrogen-bond acceptors (Lipinski definition) is 5. The number of hydrogen-bond donors (Lipinski definition) is 0. The maximum atomic E-state index is 12.6. The molecule has 1 aromatic heterocycles. The first-order chi connectivity index (χ1) is 14.6. The molecule has 0 bridgehead atoms. The van der Waals surface area contributed by atoms with Crippen molar-refractivity contribution in [2.24, 2.45) is 0 Å². The molecule has 0 radical (unpaired) electrons. The highest BCUT2D eigenvalue weighted by molar-refractivity contribution is 9.10. The van der Waals surface area contributed by atoms with E-state index in [0.717, 1.165) is 48.7 Å². The van der Waals surface area contributed by atoms with Crippen molar-refractivity contribution < 1.29 is 32.2 Å². The summed E-state index contributed by atoms with van der Waals surface area (Å²) >= 11 is 3.35. The molecule has 1 saturated carbocycles. The number of piperidine rings is 1. The van der Waals surface area contributed by atoms with Crippen LogP contribution in [-0.2, 0) is 9.47 Å². The Hall–Kier alpha value is -1.55. The molecule has 6 nitrogen and oxygen atoms in total. The number of aromatic nitrogens is 1. The first kappa shape index (κ1) is 24.1. The van der Waals surface area contributed by atoms with E-state index in [0.29, 0.717) is 25.9 Å². The van der Waals surface area contributed by atoms with Crippen LogP contribution in [0.1, 0.15) is 51.1 Å². The molecule has 2 aliphatic rings. The van der Waals surface area contributed by atoms with E-state index in [4.69, 9.17) is 9.47 Å². The van der Waals surface area contributed by atoms with Gasteiger partial charge in [0, 0.05) is 13.1 Å². The fourth-order valence-electron chi connectivity index (χ4n) is 3.85. The van der Waals surface area contributed by atoms with Crippen molar-refractivity contribution >= 4 is 22.0 Å². The zero-order valence-corrected chi connectivity index (χ0v) is 19.2. The average Bonchev–Trinajstić information content (AvgIpc) is 2.71. The summed E-state index contributed by atoms with van der Waals surface area (Å²) in [5.74, 6) is 0.798. The highest BCUT2D eigenvalue weighted by atomic mass is 79.9. The van der Waals surface area contributed by atoms with Crippen LogP contribution in [0.15, 0.2) is 16.7 Å². The third-order valence-corrected chi connectivity index (χ3v) is 6.18. The van der Waals surface area contributed by atoms with Crippen LogP contribution < -0.4 is 4.74 Å². The topological polar surface area (TPSA) is 60.9 Å². The monoisotopic (exact) mass is 508 g/mol. The minimum atomic E-state index is -4.55. The van der Waals surface area contributed by atoms with Crippen LogP contribution in [0.25, 0.3) is 0 Å². The molecule has 3 rings (SSSR count). The summed E-state index contributed by atoms with van der Waals surface area (Å²) in [6.45, 7) is 3.42. The summed E-state index contributed by atoms with van der Waals surface area (Å²) in [5, 5.41) is 0. The molecule has 174 valence electrons. The lowest BCUT2D eigenvalue weighted by molar-refractivity contribution is -0.200. The van der Waals surface area contributed by atoms with Gasteiger partial charge in [-0.05, 0) is 80.4 Å². The van der Waals surface area contributed by atoms with Crippen molar-refractivity contribution in [2.75, 3.05) is 13.1 Å². The van der Waals surface area contributed by atoms with Crippen molar-refractivity contribution in [3.05, 3.63) is 22.4 Å². The molecule has 0 N–H and O–H groups in total. The summed E-state index contributed by atoms with van der Waals surface area (Å²) in [6, 6.07) is 3.78. The SMILES string of the molecule is Cc1nc(Br)ccc1OC1CCC(OC2CCN(C(=O)OC(C)C(F)(F)F)CC2)CC1. The Labute approximate surface area is 188 Å². The maximum Gasteiger partial charge on any atom is 0.425 e. The Morgan fingerprint density at radius 1 is 1.10 bits per heavy atom. The Bertz CT molecular complexity index is 749. The van der Waals surface area contributed by atoms with Gasteiger partial charge in [0.05, 0.1) is 24.0 Å². The smallest absolute Gasteiger partial charge is 0.425 e. The molecule has 0 aromatic carbocycles. The number of carbonyl (C=O) groups is 1. The fourth-order valence-corrected chi connectivity index (χ4v) is 4.25. The molecule has 1 atom stereocenters. The van der Waals surface area contributed by atoms with Crippen LogP contribution in [0, 0.1) is 6.92 Å². The molecule has 1 aromatic rings. The van der Waals surface area contributed by atoms with Gasteiger partial charge in [0.25, 0.3) is 0 Å². The number of halogens is 4. The van der Waals surface area contributed by atoms with Gasteiger partial charge < -0.3 is 19.1 Å². The third kappa shape index (κ3) is 6.97. The Kier molecular flexibility index (Phi) is 8.07. The highest BCUT2D eigenvalue weighted by Gasteiger charge is 2.40. The van der Waals surface area contributed by atoms with Crippen LogP contribution in [0.5, 0.6) is 5.75 Å². The molecule has 2 heterocycles. The van der Waals surface area contributed by atoms with E-state index in [9.17, 15) is 18.0 Å². The van der Waals surface area contributed by atoms with E-state index in [1.165, 1.54) is 4.90 Å². The number of rotatable bonds is 5.